The smallest absolute Gasteiger partial charge is 0.243 e. The summed E-state index contributed by atoms with van der Waals surface area (Å²) in [6.07, 6.45) is 1.00. The molecule has 3 nitrogen and oxygen atoms in total. The average Bonchev–Trinajstić information content (AvgIpc) is 2.78. The molecule has 21 heavy (non-hydrogen) atoms. The molecule has 0 unspecified atom stereocenters. The van der Waals surface area contributed by atoms with Crippen molar-refractivity contribution in [2.75, 3.05) is 16.8 Å². The summed E-state index contributed by atoms with van der Waals surface area (Å²) in [6, 6.07) is 16.3. The van der Waals surface area contributed by atoms with Gasteiger partial charge in [0.05, 0.1) is 6.54 Å². The second-order valence-electron chi connectivity index (χ2n) is 5.36. The number of hydrogen-bond donors (Lipinski definition) is 1. The van der Waals surface area contributed by atoms with Crippen molar-refractivity contribution in [3.8, 4) is 0 Å². The zero-order chi connectivity index (χ0) is 14.8. The van der Waals surface area contributed by atoms with Crippen LogP contribution < -0.4 is 10.2 Å². The van der Waals surface area contributed by atoms with Gasteiger partial charge >= 0.3 is 0 Å². The van der Waals surface area contributed by atoms with Crippen molar-refractivity contribution in [3.05, 3.63) is 58.6 Å². The molecule has 0 aromatic heterocycles. The van der Waals surface area contributed by atoms with Gasteiger partial charge in [0.25, 0.3) is 0 Å². The fraction of sp³-hybridized carbons (Fsp3) is 0.235. The number of rotatable bonds is 3. The number of halogens is 1. The molecule has 4 heteroatoms. The van der Waals surface area contributed by atoms with Gasteiger partial charge in [0.15, 0.2) is 0 Å². The molecule has 0 radical (unpaired) electrons. The second kappa shape index (κ2) is 5.90. The first-order chi connectivity index (χ1) is 10.1. The van der Waals surface area contributed by atoms with Gasteiger partial charge in [-0.15, -0.1) is 0 Å². The summed E-state index contributed by atoms with van der Waals surface area (Å²) in [5.74, 6) is 0.0147. The monoisotopic (exact) mass is 344 g/mol. The minimum Gasteiger partial charge on any atom is -0.359 e. The van der Waals surface area contributed by atoms with Gasteiger partial charge in [-0.2, -0.15) is 0 Å². The Morgan fingerprint density at radius 3 is 2.71 bits per heavy atom. The number of anilines is 2. The molecule has 0 saturated carbocycles. The Balaban J connectivity index is 1.69. The van der Waals surface area contributed by atoms with Crippen molar-refractivity contribution in [2.24, 2.45) is 0 Å². The summed E-state index contributed by atoms with van der Waals surface area (Å²) in [5, 5.41) is 2.95. The van der Waals surface area contributed by atoms with Gasteiger partial charge in [-0.3, -0.25) is 4.79 Å². The number of nitrogens with zero attached hydrogens (tertiary/aromatic N) is 1. The number of fused-ring (bicyclic) bond motifs is 1. The van der Waals surface area contributed by atoms with E-state index in [2.05, 4.69) is 51.3 Å². The van der Waals surface area contributed by atoms with Crippen LogP contribution >= 0.6 is 15.9 Å². The van der Waals surface area contributed by atoms with E-state index in [0.717, 1.165) is 16.6 Å². The van der Waals surface area contributed by atoms with Gasteiger partial charge in [-0.1, -0.05) is 34.1 Å². The third-order valence-corrected chi connectivity index (χ3v) is 4.32. The lowest BCUT2D eigenvalue weighted by Gasteiger charge is -2.24. The predicted octanol–water partition coefficient (Wildman–Crippen LogP) is 3.84. The lowest BCUT2D eigenvalue weighted by molar-refractivity contribution is -0.115. The highest BCUT2D eigenvalue weighted by atomic mass is 79.9. The largest absolute Gasteiger partial charge is 0.359 e. The van der Waals surface area contributed by atoms with Crippen LogP contribution in [0, 0.1) is 0 Å². The highest BCUT2D eigenvalue weighted by Crippen LogP contribution is 2.31. The average molecular weight is 345 g/mol. The minimum absolute atomic E-state index is 0.0147. The van der Waals surface area contributed by atoms with Crippen LogP contribution in [0.3, 0.4) is 0 Å². The molecule has 1 heterocycles. The Morgan fingerprint density at radius 2 is 1.95 bits per heavy atom. The Hall–Kier alpha value is -1.81. The molecule has 1 N–H and O–H groups in total. The van der Waals surface area contributed by atoms with Crippen LogP contribution in [0.4, 0.5) is 11.4 Å². The van der Waals surface area contributed by atoms with Crippen molar-refractivity contribution < 1.29 is 4.79 Å². The Bertz CT molecular complexity index is 654. The lowest BCUT2D eigenvalue weighted by Crippen LogP contribution is -2.37. The SMILES string of the molecule is C[C@@H]1Cc2ccccc2N1CC(=O)Nc1ccc(Br)cc1. The molecular formula is C17H17BrN2O. The quantitative estimate of drug-likeness (QED) is 0.917. The molecule has 108 valence electrons. The van der Waals surface area contributed by atoms with Gasteiger partial charge in [-0.05, 0) is 49.2 Å². The molecule has 0 bridgehead atoms. The molecule has 3 rings (SSSR count). The van der Waals surface area contributed by atoms with Crippen molar-refractivity contribution in [1.29, 1.82) is 0 Å². The molecular weight excluding hydrogens is 328 g/mol. The number of carbonyl (C=O) groups excluding carboxylic acids is 1. The van der Waals surface area contributed by atoms with Gasteiger partial charge in [0.1, 0.15) is 0 Å². The summed E-state index contributed by atoms with van der Waals surface area (Å²) < 4.78 is 1.00. The fourth-order valence-electron chi connectivity index (χ4n) is 2.76. The number of benzene rings is 2. The molecule has 1 aliphatic rings. The molecule has 0 aliphatic carbocycles. The first-order valence-electron chi connectivity index (χ1n) is 7.03. The zero-order valence-electron chi connectivity index (χ0n) is 11.8. The molecule has 1 atom stereocenters. The number of amides is 1. The van der Waals surface area contributed by atoms with Crippen LogP contribution in [0.1, 0.15) is 12.5 Å². The van der Waals surface area contributed by atoms with Crippen LogP contribution in [0.2, 0.25) is 0 Å². The fourth-order valence-corrected chi connectivity index (χ4v) is 3.02. The highest BCUT2D eigenvalue weighted by Gasteiger charge is 2.26. The van der Waals surface area contributed by atoms with E-state index >= 15 is 0 Å². The van der Waals surface area contributed by atoms with Crippen LogP contribution in [-0.2, 0) is 11.2 Å². The molecule has 2 aromatic rings. The van der Waals surface area contributed by atoms with Crippen molar-refractivity contribution in [2.45, 2.75) is 19.4 Å². The van der Waals surface area contributed by atoms with E-state index in [1.165, 1.54) is 11.3 Å². The van der Waals surface area contributed by atoms with Gasteiger partial charge < -0.3 is 10.2 Å². The number of nitrogens with one attached hydrogen (secondary N) is 1. The normalized spacial score (nSPS) is 16.7. The minimum atomic E-state index is 0.0147. The summed E-state index contributed by atoms with van der Waals surface area (Å²) in [4.78, 5) is 14.4. The van der Waals surface area contributed by atoms with E-state index in [4.69, 9.17) is 0 Å². The molecule has 0 fully saturated rings. The molecule has 1 aliphatic heterocycles. The maximum atomic E-state index is 12.2. The molecule has 0 saturated heterocycles. The third-order valence-electron chi connectivity index (χ3n) is 3.79. The van der Waals surface area contributed by atoms with Gasteiger partial charge in [-0.25, -0.2) is 0 Å². The highest BCUT2D eigenvalue weighted by molar-refractivity contribution is 9.10. The zero-order valence-corrected chi connectivity index (χ0v) is 13.4. The third kappa shape index (κ3) is 3.10. The predicted molar refractivity (Wildman–Crippen MR) is 89.7 cm³/mol. The van der Waals surface area contributed by atoms with Gasteiger partial charge in [0.2, 0.25) is 5.91 Å². The van der Waals surface area contributed by atoms with E-state index in [0.29, 0.717) is 12.6 Å². The Labute approximate surface area is 133 Å². The first-order valence-corrected chi connectivity index (χ1v) is 7.83. The van der Waals surface area contributed by atoms with E-state index in [1.54, 1.807) is 0 Å². The summed E-state index contributed by atoms with van der Waals surface area (Å²) in [6.45, 7) is 2.54. The molecule has 1 amide bonds. The van der Waals surface area contributed by atoms with Crippen molar-refractivity contribution in [3.63, 3.8) is 0 Å². The second-order valence-corrected chi connectivity index (χ2v) is 6.28. The Morgan fingerprint density at radius 1 is 1.24 bits per heavy atom. The maximum Gasteiger partial charge on any atom is 0.243 e. The maximum absolute atomic E-state index is 12.2. The van der Waals surface area contributed by atoms with E-state index in [9.17, 15) is 4.79 Å². The first kappa shape index (κ1) is 14.1. The molecule has 2 aromatic carbocycles. The van der Waals surface area contributed by atoms with E-state index < -0.39 is 0 Å². The van der Waals surface area contributed by atoms with Crippen LogP contribution in [-0.4, -0.2) is 18.5 Å². The summed E-state index contributed by atoms with van der Waals surface area (Å²) >= 11 is 3.39. The number of hydrogen-bond acceptors (Lipinski definition) is 2. The standard InChI is InChI=1S/C17H17BrN2O/c1-12-10-13-4-2-3-5-16(13)20(12)11-17(21)19-15-8-6-14(18)7-9-15/h2-9,12H,10-11H2,1H3,(H,19,21)/t12-/m1/s1. The molecule has 0 spiro atoms. The van der Waals surface area contributed by atoms with E-state index in [1.807, 2.05) is 30.3 Å². The van der Waals surface area contributed by atoms with Crippen molar-refractivity contribution >= 4 is 33.2 Å². The Kier molecular flexibility index (Phi) is 3.97. The van der Waals surface area contributed by atoms with Gasteiger partial charge in [0, 0.05) is 21.9 Å². The van der Waals surface area contributed by atoms with Crippen LogP contribution in [0.5, 0.6) is 0 Å². The summed E-state index contributed by atoms with van der Waals surface area (Å²) in [7, 11) is 0. The number of carbonyl (C=O) groups is 1. The van der Waals surface area contributed by atoms with Crippen LogP contribution in [0.15, 0.2) is 53.0 Å². The lowest BCUT2D eigenvalue weighted by atomic mass is 10.1. The topological polar surface area (TPSA) is 32.3 Å². The van der Waals surface area contributed by atoms with E-state index in [-0.39, 0.29) is 5.91 Å². The van der Waals surface area contributed by atoms with Crippen molar-refractivity contribution in [1.82, 2.24) is 0 Å². The number of para-hydroxylation sites is 1. The summed E-state index contributed by atoms with van der Waals surface area (Å²) in [5.41, 5.74) is 3.32. The van der Waals surface area contributed by atoms with Crippen LogP contribution in [0.25, 0.3) is 0 Å².